The first-order valence-corrected chi connectivity index (χ1v) is 8.01. The van der Waals surface area contributed by atoms with Crippen molar-refractivity contribution in [3.8, 4) is 0 Å². The molecule has 1 aliphatic rings. The van der Waals surface area contributed by atoms with Crippen LogP contribution in [0.2, 0.25) is 0 Å². The van der Waals surface area contributed by atoms with Gasteiger partial charge in [0.05, 0.1) is 6.54 Å². The molecule has 18 heavy (non-hydrogen) atoms. The van der Waals surface area contributed by atoms with Crippen LogP contribution in [0.5, 0.6) is 0 Å². The van der Waals surface area contributed by atoms with Crippen molar-refractivity contribution in [2.45, 2.75) is 65.6 Å². The van der Waals surface area contributed by atoms with Gasteiger partial charge in [0.15, 0.2) is 5.17 Å². The van der Waals surface area contributed by atoms with E-state index in [2.05, 4.69) is 51.8 Å². The Morgan fingerprint density at radius 1 is 1.28 bits per heavy atom. The zero-order chi connectivity index (χ0) is 13.8. The van der Waals surface area contributed by atoms with Gasteiger partial charge in [0.1, 0.15) is 0 Å². The minimum Gasteiger partial charge on any atom is -0.360 e. The van der Waals surface area contributed by atoms with Crippen molar-refractivity contribution in [1.29, 1.82) is 0 Å². The lowest BCUT2D eigenvalue weighted by Gasteiger charge is -2.33. The van der Waals surface area contributed by atoms with Crippen molar-refractivity contribution >= 4 is 16.9 Å². The van der Waals surface area contributed by atoms with Crippen LogP contribution in [0.15, 0.2) is 4.99 Å². The third-order valence-electron chi connectivity index (χ3n) is 3.35. The molecule has 1 saturated heterocycles. The van der Waals surface area contributed by atoms with Gasteiger partial charge in [0.25, 0.3) is 0 Å². The Hall–Kier alpha value is -0.220. The van der Waals surface area contributed by atoms with Gasteiger partial charge >= 0.3 is 0 Å². The zero-order valence-electron chi connectivity index (χ0n) is 12.8. The third kappa shape index (κ3) is 5.19. The molecule has 0 aromatic carbocycles. The summed E-state index contributed by atoms with van der Waals surface area (Å²) in [7, 11) is 0. The van der Waals surface area contributed by atoms with E-state index in [1.165, 1.54) is 12.2 Å². The highest BCUT2D eigenvalue weighted by Crippen LogP contribution is 2.21. The number of nitrogens with zero attached hydrogens (tertiary/aromatic N) is 2. The maximum absolute atomic E-state index is 4.71. The van der Waals surface area contributed by atoms with Gasteiger partial charge in [0.2, 0.25) is 0 Å². The first-order chi connectivity index (χ1) is 8.32. The lowest BCUT2D eigenvalue weighted by atomic mass is 10.0. The summed E-state index contributed by atoms with van der Waals surface area (Å²) in [5, 5.41) is 4.64. The molecule has 3 nitrogen and oxygen atoms in total. The van der Waals surface area contributed by atoms with Crippen molar-refractivity contribution in [3.05, 3.63) is 0 Å². The monoisotopic (exact) mass is 271 g/mol. The van der Waals surface area contributed by atoms with Crippen LogP contribution in [0, 0.1) is 0 Å². The smallest absolute Gasteiger partial charge is 0.157 e. The van der Waals surface area contributed by atoms with Gasteiger partial charge in [-0.1, -0.05) is 11.8 Å². The maximum atomic E-state index is 4.71. The highest BCUT2D eigenvalue weighted by atomic mass is 32.2. The molecule has 1 rings (SSSR count). The minimum atomic E-state index is 0.208. The van der Waals surface area contributed by atoms with E-state index in [1.54, 1.807) is 0 Å². The molecule has 1 aliphatic heterocycles. The lowest BCUT2D eigenvalue weighted by molar-refractivity contribution is 0.181. The number of amidine groups is 1. The molecule has 0 radical (unpaired) electrons. The molecule has 106 valence electrons. The summed E-state index contributed by atoms with van der Waals surface area (Å²) < 4.78 is 0. The van der Waals surface area contributed by atoms with Crippen molar-refractivity contribution < 1.29 is 0 Å². The van der Waals surface area contributed by atoms with Crippen LogP contribution >= 0.6 is 11.8 Å². The predicted molar refractivity (Wildman–Crippen MR) is 83.6 cm³/mol. The van der Waals surface area contributed by atoms with E-state index in [0.29, 0.717) is 12.1 Å². The van der Waals surface area contributed by atoms with Gasteiger partial charge in [0, 0.05) is 29.9 Å². The Morgan fingerprint density at radius 3 is 2.39 bits per heavy atom. The van der Waals surface area contributed by atoms with Gasteiger partial charge < -0.3 is 5.32 Å². The van der Waals surface area contributed by atoms with E-state index in [9.17, 15) is 0 Å². The van der Waals surface area contributed by atoms with E-state index in [4.69, 9.17) is 4.99 Å². The Kier molecular flexibility index (Phi) is 5.99. The first kappa shape index (κ1) is 15.8. The Labute approximate surface area is 117 Å². The number of hydrogen-bond acceptors (Lipinski definition) is 3. The molecule has 0 bridgehead atoms. The van der Waals surface area contributed by atoms with E-state index >= 15 is 0 Å². The molecule has 1 fully saturated rings. The predicted octanol–water partition coefficient (Wildman–Crippen LogP) is 2.97. The lowest BCUT2D eigenvalue weighted by Crippen LogP contribution is -2.46. The van der Waals surface area contributed by atoms with E-state index in [0.717, 1.165) is 18.3 Å². The van der Waals surface area contributed by atoms with Gasteiger partial charge in [-0.25, -0.2) is 0 Å². The summed E-state index contributed by atoms with van der Waals surface area (Å²) in [6.45, 7) is 15.4. The number of thioether (sulfide) groups is 1. The van der Waals surface area contributed by atoms with Crippen LogP contribution in [-0.2, 0) is 0 Å². The number of hydrogen-bond donors (Lipinski definition) is 1. The molecular weight excluding hydrogens is 242 g/mol. The van der Waals surface area contributed by atoms with Crippen LogP contribution in [0.25, 0.3) is 0 Å². The van der Waals surface area contributed by atoms with E-state index in [-0.39, 0.29) is 5.54 Å². The quantitative estimate of drug-likeness (QED) is 0.833. The fourth-order valence-corrected chi connectivity index (χ4v) is 3.59. The van der Waals surface area contributed by atoms with Crippen molar-refractivity contribution in [1.82, 2.24) is 10.2 Å². The SMILES string of the molecule is CC(C)N(CCN=C1NC(C)(C)CCS1)C(C)C. The molecule has 0 amide bonds. The summed E-state index contributed by atoms with van der Waals surface area (Å²) in [4.78, 5) is 7.20. The number of rotatable bonds is 5. The van der Waals surface area contributed by atoms with Crippen LogP contribution in [0.1, 0.15) is 48.0 Å². The van der Waals surface area contributed by atoms with Crippen molar-refractivity contribution in [2.24, 2.45) is 4.99 Å². The fourth-order valence-electron chi connectivity index (χ4n) is 2.26. The molecule has 1 N–H and O–H groups in total. The molecule has 0 spiro atoms. The second-order valence-electron chi connectivity index (χ2n) is 6.22. The number of nitrogens with one attached hydrogen (secondary N) is 1. The van der Waals surface area contributed by atoms with Gasteiger partial charge in [-0.05, 0) is 48.0 Å². The molecule has 1 heterocycles. The summed E-state index contributed by atoms with van der Waals surface area (Å²) in [6, 6.07) is 1.18. The van der Waals surface area contributed by atoms with Crippen LogP contribution in [0.4, 0.5) is 0 Å². The molecule has 4 heteroatoms. The molecule has 0 aromatic rings. The Balaban J connectivity index is 2.44. The standard InChI is InChI=1S/C14H29N3S/c1-11(2)17(12(3)4)9-8-15-13-16-14(5,6)7-10-18-13/h11-12H,7-10H2,1-6H3,(H,15,16). The Bertz CT molecular complexity index is 277. The highest BCUT2D eigenvalue weighted by Gasteiger charge is 2.24. The fraction of sp³-hybridized carbons (Fsp3) is 0.929. The summed E-state index contributed by atoms with van der Waals surface area (Å²) >= 11 is 1.85. The van der Waals surface area contributed by atoms with Crippen LogP contribution in [-0.4, -0.2) is 46.5 Å². The minimum absolute atomic E-state index is 0.208. The summed E-state index contributed by atoms with van der Waals surface area (Å²) in [6.07, 6.45) is 1.21. The molecule has 0 saturated carbocycles. The third-order valence-corrected chi connectivity index (χ3v) is 4.26. The van der Waals surface area contributed by atoms with E-state index < -0.39 is 0 Å². The second-order valence-corrected chi connectivity index (χ2v) is 7.30. The van der Waals surface area contributed by atoms with Gasteiger partial charge in [-0.15, -0.1) is 0 Å². The van der Waals surface area contributed by atoms with Gasteiger partial charge in [-0.2, -0.15) is 0 Å². The van der Waals surface area contributed by atoms with E-state index in [1.807, 2.05) is 11.8 Å². The maximum Gasteiger partial charge on any atom is 0.157 e. The van der Waals surface area contributed by atoms with Crippen LogP contribution < -0.4 is 5.32 Å². The second kappa shape index (κ2) is 6.80. The van der Waals surface area contributed by atoms with Crippen molar-refractivity contribution in [2.75, 3.05) is 18.8 Å². The first-order valence-electron chi connectivity index (χ1n) is 7.03. The number of aliphatic imine (C=N–C) groups is 1. The summed E-state index contributed by atoms with van der Waals surface area (Å²) in [5.41, 5.74) is 0.208. The zero-order valence-corrected chi connectivity index (χ0v) is 13.6. The Morgan fingerprint density at radius 2 is 1.89 bits per heavy atom. The summed E-state index contributed by atoms with van der Waals surface area (Å²) in [5.74, 6) is 1.18. The topological polar surface area (TPSA) is 27.6 Å². The van der Waals surface area contributed by atoms with Crippen LogP contribution in [0.3, 0.4) is 0 Å². The van der Waals surface area contributed by atoms with Crippen molar-refractivity contribution in [3.63, 3.8) is 0 Å². The highest BCUT2D eigenvalue weighted by molar-refractivity contribution is 8.13. The largest absolute Gasteiger partial charge is 0.360 e. The molecule has 0 aromatic heterocycles. The molecule has 0 atom stereocenters. The normalized spacial score (nSPS) is 21.9. The average Bonchev–Trinajstić information content (AvgIpc) is 2.21. The average molecular weight is 271 g/mol. The molecular formula is C14H29N3S. The van der Waals surface area contributed by atoms with Gasteiger partial charge in [-0.3, -0.25) is 9.89 Å². The molecule has 0 unspecified atom stereocenters. The molecule has 0 aliphatic carbocycles.